The number of fused-ring (bicyclic) bond motifs is 6. The minimum Gasteiger partial charge on any atom is -0.309 e. The van der Waals surface area contributed by atoms with Gasteiger partial charge in [-0.3, -0.25) is 0 Å². The summed E-state index contributed by atoms with van der Waals surface area (Å²) in [7, 11) is 0. The molecule has 12 rings (SSSR count). The van der Waals surface area contributed by atoms with Crippen molar-refractivity contribution in [3.63, 3.8) is 0 Å². The highest BCUT2D eigenvalue weighted by Gasteiger charge is 2.21. The highest BCUT2D eigenvalue weighted by Crippen LogP contribution is 2.40. The molecule has 0 amide bonds. The highest BCUT2D eigenvalue weighted by molar-refractivity contribution is 6.15. The van der Waals surface area contributed by atoms with E-state index in [1.165, 1.54) is 21.9 Å². The quantitative estimate of drug-likeness (QED) is 0.161. The zero-order valence-corrected chi connectivity index (χ0v) is 34.3. The summed E-state index contributed by atoms with van der Waals surface area (Å²) < 4.78 is 4.67. The summed E-state index contributed by atoms with van der Waals surface area (Å²) in [6, 6.07) is 68.8. The van der Waals surface area contributed by atoms with E-state index in [2.05, 4.69) is 234 Å². The number of allylic oxidation sites excluding steroid dienone is 6. The van der Waals surface area contributed by atoms with Gasteiger partial charge in [-0.15, -0.1) is 0 Å². The molecule has 0 saturated heterocycles. The molecule has 11 aromatic rings. The first-order valence-electron chi connectivity index (χ1n) is 21.4. The molecule has 5 heteroatoms. The van der Waals surface area contributed by atoms with Gasteiger partial charge in [0.1, 0.15) is 0 Å². The Morgan fingerprint density at radius 2 is 0.905 bits per heavy atom. The standard InChI is InChI=1S/C58H39N5/c1-2-6-19-39(18-5-1)40-20-15-21-41(36-40)42-22-16-23-43(37-42)56-59-57(44-34-35-48-47-28-11-13-31-51(47)63(54(48)38-44)46-26-9-4-10-27-46)61-58(60-56)50-30-17-33-53-55(50)49-29-12-14-32-52(49)62(53)45-24-7-3-8-25-45/h1-5,7-38H,6H2. The molecule has 5 nitrogen and oxygen atoms in total. The van der Waals surface area contributed by atoms with Crippen molar-refractivity contribution >= 4 is 49.2 Å². The second-order valence-electron chi connectivity index (χ2n) is 16.0. The first-order valence-corrected chi connectivity index (χ1v) is 21.4. The number of rotatable bonds is 7. The van der Waals surface area contributed by atoms with Crippen molar-refractivity contribution in [3.8, 4) is 56.7 Å². The average molecular weight is 806 g/mol. The second-order valence-corrected chi connectivity index (χ2v) is 16.0. The van der Waals surface area contributed by atoms with Crippen LogP contribution >= 0.6 is 0 Å². The van der Waals surface area contributed by atoms with Crippen molar-refractivity contribution < 1.29 is 0 Å². The Bertz CT molecular complexity index is 3640. The van der Waals surface area contributed by atoms with E-state index in [1.807, 2.05) is 0 Å². The van der Waals surface area contributed by atoms with Crippen LogP contribution in [0.2, 0.25) is 0 Å². The van der Waals surface area contributed by atoms with Crippen LogP contribution in [0.1, 0.15) is 12.0 Å². The molecule has 63 heavy (non-hydrogen) atoms. The molecular weight excluding hydrogens is 767 g/mol. The molecule has 1 aliphatic carbocycles. The van der Waals surface area contributed by atoms with Gasteiger partial charge in [-0.25, -0.2) is 15.0 Å². The smallest absolute Gasteiger partial charge is 0.164 e. The fourth-order valence-corrected chi connectivity index (χ4v) is 9.29. The third-order valence-electron chi connectivity index (χ3n) is 12.2. The number of hydrogen-bond acceptors (Lipinski definition) is 3. The molecule has 0 radical (unpaired) electrons. The van der Waals surface area contributed by atoms with Crippen LogP contribution in [-0.4, -0.2) is 24.1 Å². The van der Waals surface area contributed by atoms with Crippen molar-refractivity contribution in [1.82, 2.24) is 24.1 Å². The van der Waals surface area contributed by atoms with E-state index in [4.69, 9.17) is 15.0 Å². The van der Waals surface area contributed by atoms with Gasteiger partial charge in [0.15, 0.2) is 17.5 Å². The van der Waals surface area contributed by atoms with Crippen molar-refractivity contribution in [3.05, 3.63) is 230 Å². The zero-order chi connectivity index (χ0) is 41.7. The Kier molecular flexibility index (Phi) is 8.82. The minimum atomic E-state index is 0.610. The molecule has 1 aliphatic rings. The zero-order valence-electron chi connectivity index (χ0n) is 34.3. The normalized spacial score (nSPS) is 12.7. The van der Waals surface area contributed by atoms with Crippen LogP contribution < -0.4 is 0 Å². The van der Waals surface area contributed by atoms with E-state index < -0.39 is 0 Å². The van der Waals surface area contributed by atoms with Gasteiger partial charge < -0.3 is 9.13 Å². The number of benzene rings is 8. The van der Waals surface area contributed by atoms with E-state index in [1.54, 1.807) is 0 Å². The summed E-state index contributed by atoms with van der Waals surface area (Å²) in [5.74, 6) is 1.84. The van der Waals surface area contributed by atoms with Crippen LogP contribution in [0.5, 0.6) is 0 Å². The van der Waals surface area contributed by atoms with Gasteiger partial charge in [-0.1, -0.05) is 164 Å². The monoisotopic (exact) mass is 805 g/mol. The maximum absolute atomic E-state index is 5.39. The Hall–Kier alpha value is -8.41. The minimum absolute atomic E-state index is 0.610. The number of aromatic nitrogens is 5. The molecule has 0 N–H and O–H groups in total. The number of para-hydroxylation sites is 4. The van der Waals surface area contributed by atoms with Gasteiger partial charge >= 0.3 is 0 Å². The third-order valence-corrected chi connectivity index (χ3v) is 12.2. The topological polar surface area (TPSA) is 48.5 Å². The summed E-state index contributed by atoms with van der Waals surface area (Å²) in [5, 5.41) is 4.61. The van der Waals surface area contributed by atoms with E-state index in [9.17, 15) is 0 Å². The summed E-state index contributed by atoms with van der Waals surface area (Å²) in [6.07, 6.45) is 11.8. The van der Waals surface area contributed by atoms with E-state index in [0.717, 1.165) is 78.5 Å². The molecule has 0 fully saturated rings. The molecule has 0 atom stereocenters. The van der Waals surface area contributed by atoms with Crippen LogP contribution in [0.3, 0.4) is 0 Å². The van der Waals surface area contributed by atoms with Crippen LogP contribution in [0.4, 0.5) is 0 Å². The van der Waals surface area contributed by atoms with Gasteiger partial charge in [0, 0.05) is 49.6 Å². The first-order chi connectivity index (χ1) is 31.2. The lowest BCUT2D eigenvalue weighted by Gasteiger charge is -2.12. The third kappa shape index (κ3) is 6.37. The Balaban J connectivity index is 1.08. The first kappa shape index (κ1) is 36.4. The molecule has 8 aromatic carbocycles. The molecule has 0 saturated carbocycles. The Labute approximate surface area is 364 Å². The van der Waals surface area contributed by atoms with Crippen LogP contribution in [-0.2, 0) is 0 Å². The van der Waals surface area contributed by atoms with Gasteiger partial charge in [0.25, 0.3) is 0 Å². The average Bonchev–Trinajstić information content (AvgIpc) is 3.72. The lowest BCUT2D eigenvalue weighted by molar-refractivity contribution is 1.08. The van der Waals surface area contributed by atoms with Crippen molar-refractivity contribution in [1.29, 1.82) is 0 Å². The molecule has 0 unspecified atom stereocenters. The van der Waals surface area contributed by atoms with E-state index >= 15 is 0 Å². The maximum atomic E-state index is 5.39. The number of hydrogen-bond donors (Lipinski definition) is 0. The predicted octanol–water partition coefficient (Wildman–Crippen LogP) is 14.6. The Morgan fingerprint density at radius 3 is 1.65 bits per heavy atom. The summed E-state index contributed by atoms with van der Waals surface area (Å²) in [4.78, 5) is 16.1. The molecule has 3 heterocycles. The van der Waals surface area contributed by atoms with E-state index in [-0.39, 0.29) is 0 Å². The van der Waals surface area contributed by atoms with Crippen LogP contribution in [0.15, 0.2) is 225 Å². The fraction of sp³-hybridized carbons (Fsp3) is 0.0172. The van der Waals surface area contributed by atoms with Gasteiger partial charge in [-0.05, 0) is 89.3 Å². The highest BCUT2D eigenvalue weighted by atomic mass is 15.0. The Morgan fingerprint density at radius 1 is 0.365 bits per heavy atom. The van der Waals surface area contributed by atoms with Crippen molar-refractivity contribution in [2.45, 2.75) is 6.42 Å². The fourth-order valence-electron chi connectivity index (χ4n) is 9.29. The SMILES string of the molecule is C1=CCC=C(c2cccc(-c3cccc(-c4nc(-c5ccc6c7ccccc7n(-c7ccccc7)c6c5)nc(-c5cccc6c5c5ccccc5n6-c5ccccc5)n4)c3)c2)C=C1. The second kappa shape index (κ2) is 15.2. The summed E-state index contributed by atoms with van der Waals surface area (Å²) in [6.45, 7) is 0. The summed E-state index contributed by atoms with van der Waals surface area (Å²) >= 11 is 0. The van der Waals surface area contributed by atoms with Crippen molar-refractivity contribution in [2.24, 2.45) is 0 Å². The molecule has 0 aliphatic heterocycles. The molecule has 0 spiro atoms. The summed E-state index contributed by atoms with van der Waals surface area (Å²) in [5.41, 5.74) is 14.1. The lowest BCUT2D eigenvalue weighted by Crippen LogP contribution is -2.01. The van der Waals surface area contributed by atoms with Gasteiger partial charge in [0.05, 0.1) is 22.1 Å². The van der Waals surface area contributed by atoms with Crippen LogP contribution in [0, 0.1) is 0 Å². The van der Waals surface area contributed by atoms with Crippen molar-refractivity contribution in [2.75, 3.05) is 0 Å². The lowest BCUT2D eigenvalue weighted by atomic mass is 9.97. The van der Waals surface area contributed by atoms with Crippen LogP contribution in [0.25, 0.3) is 106 Å². The largest absolute Gasteiger partial charge is 0.309 e. The van der Waals surface area contributed by atoms with Gasteiger partial charge in [0.2, 0.25) is 0 Å². The predicted molar refractivity (Wildman–Crippen MR) is 261 cm³/mol. The molecule has 0 bridgehead atoms. The number of nitrogens with zero attached hydrogens (tertiary/aromatic N) is 5. The molecule has 296 valence electrons. The van der Waals surface area contributed by atoms with Gasteiger partial charge in [-0.2, -0.15) is 0 Å². The maximum Gasteiger partial charge on any atom is 0.164 e. The van der Waals surface area contributed by atoms with E-state index in [0.29, 0.717) is 17.5 Å². The molecule has 3 aromatic heterocycles. The molecular formula is C58H39N5.